The van der Waals surface area contributed by atoms with E-state index in [0.717, 1.165) is 0 Å². The van der Waals surface area contributed by atoms with Gasteiger partial charge in [0.1, 0.15) is 12.4 Å². The first-order chi connectivity index (χ1) is 8.81. The van der Waals surface area contributed by atoms with Gasteiger partial charge >= 0.3 is 0 Å². The van der Waals surface area contributed by atoms with Gasteiger partial charge in [0.15, 0.2) is 5.78 Å². The minimum absolute atomic E-state index is 0.0301. The van der Waals surface area contributed by atoms with E-state index < -0.39 is 23.7 Å². The summed E-state index contributed by atoms with van der Waals surface area (Å²) in [5.41, 5.74) is -0.190. The second kappa shape index (κ2) is 5.93. The van der Waals surface area contributed by atoms with Crippen LogP contribution in [0.1, 0.15) is 29.8 Å². The summed E-state index contributed by atoms with van der Waals surface area (Å²) in [6.45, 7) is 2.85. The molecule has 0 radical (unpaired) electrons. The van der Waals surface area contributed by atoms with Gasteiger partial charge in [-0.1, -0.05) is 19.9 Å². The average molecular weight is 267 g/mol. The highest BCUT2D eigenvalue weighted by Gasteiger charge is 2.27. The Morgan fingerprint density at radius 3 is 2.47 bits per heavy atom. The van der Waals surface area contributed by atoms with Gasteiger partial charge in [0.05, 0.1) is 5.56 Å². The lowest BCUT2D eigenvalue weighted by molar-refractivity contribution is -0.129. The number of carbonyl (C=O) groups is 2. The number of carbonyl (C=O) groups excluding carboxylic acids is 2. The molecular formula is C14H18FNO3. The fraction of sp³-hybridized carbons (Fsp3) is 0.429. The Hall–Kier alpha value is -1.75. The Labute approximate surface area is 111 Å². The number of benzene rings is 1. The van der Waals surface area contributed by atoms with Gasteiger partial charge in [-0.3, -0.25) is 9.59 Å². The third-order valence-corrected chi connectivity index (χ3v) is 3.05. The van der Waals surface area contributed by atoms with Crippen molar-refractivity contribution >= 4 is 11.7 Å². The summed E-state index contributed by atoms with van der Waals surface area (Å²) in [5, 5.41) is 11.2. The van der Waals surface area contributed by atoms with E-state index in [1.807, 2.05) is 0 Å². The molecule has 0 spiro atoms. The highest BCUT2D eigenvalue weighted by atomic mass is 19.1. The Bertz CT molecular complexity index is 497. The Kier molecular flexibility index (Phi) is 4.78. The molecular weight excluding hydrogens is 249 g/mol. The van der Waals surface area contributed by atoms with Crippen molar-refractivity contribution in [3.63, 3.8) is 0 Å². The van der Waals surface area contributed by atoms with Crippen molar-refractivity contribution in [3.8, 4) is 0 Å². The van der Waals surface area contributed by atoms with Gasteiger partial charge in [-0.15, -0.1) is 0 Å². The van der Waals surface area contributed by atoms with Crippen LogP contribution in [0.25, 0.3) is 0 Å². The van der Waals surface area contributed by atoms with Gasteiger partial charge in [0, 0.05) is 12.5 Å². The van der Waals surface area contributed by atoms with Crippen LogP contribution in [0, 0.1) is 11.2 Å². The van der Waals surface area contributed by atoms with Crippen molar-refractivity contribution in [1.82, 2.24) is 5.32 Å². The molecule has 1 aromatic rings. The van der Waals surface area contributed by atoms with E-state index >= 15 is 0 Å². The van der Waals surface area contributed by atoms with E-state index in [1.54, 1.807) is 19.9 Å². The highest BCUT2D eigenvalue weighted by Crippen LogP contribution is 2.24. The standard InChI is InChI=1S/C14H18FNO3/c1-14(2,12(18)8-17)7-9-4-5-10(11(15)6-9)13(19)16-3/h4-6,17H,7-8H2,1-3H3,(H,16,19). The Morgan fingerprint density at radius 2 is 2.00 bits per heavy atom. The van der Waals surface area contributed by atoms with Gasteiger partial charge in [0.25, 0.3) is 5.91 Å². The van der Waals surface area contributed by atoms with Crippen LogP contribution in [-0.4, -0.2) is 30.5 Å². The number of ketones is 1. The summed E-state index contributed by atoms with van der Waals surface area (Å²) in [6.07, 6.45) is 0.303. The van der Waals surface area contributed by atoms with Crippen molar-refractivity contribution < 1.29 is 19.1 Å². The molecule has 1 rings (SSSR count). The molecule has 0 atom stereocenters. The topological polar surface area (TPSA) is 66.4 Å². The van der Waals surface area contributed by atoms with Crippen molar-refractivity contribution in [2.75, 3.05) is 13.7 Å². The number of Topliss-reactive ketones (excluding diaryl/α,β-unsaturated/α-hetero) is 1. The first-order valence-corrected chi connectivity index (χ1v) is 5.96. The number of aliphatic hydroxyl groups is 1. The number of rotatable bonds is 5. The molecule has 0 saturated carbocycles. The first-order valence-electron chi connectivity index (χ1n) is 5.96. The minimum atomic E-state index is -0.768. The molecule has 0 heterocycles. The van der Waals surface area contributed by atoms with Gasteiger partial charge in [0.2, 0.25) is 0 Å². The molecule has 1 amide bonds. The maximum absolute atomic E-state index is 13.8. The summed E-state index contributed by atoms with van der Waals surface area (Å²) in [5.74, 6) is -1.41. The van der Waals surface area contributed by atoms with E-state index in [-0.39, 0.29) is 11.3 Å². The molecule has 0 bridgehead atoms. The van der Waals surface area contributed by atoms with Crippen molar-refractivity contribution in [1.29, 1.82) is 0 Å². The maximum atomic E-state index is 13.8. The van der Waals surface area contributed by atoms with Crippen LogP contribution >= 0.6 is 0 Å². The number of amides is 1. The number of hydrogen-bond acceptors (Lipinski definition) is 3. The molecule has 0 fully saturated rings. The maximum Gasteiger partial charge on any atom is 0.253 e. The van der Waals surface area contributed by atoms with Crippen LogP contribution in [-0.2, 0) is 11.2 Å². The second-order valence-corrected chi connectivity index (χ2v) is 5.04. The molecule has 0 saturated heterocycles. The zero-order valence-corrected chi connectivity index (χ0v) is 11.3. The normalized spacial score (nSPS) is 11.2. The summed E-state index contributed by atoms with van der Waals surface area (Å²) < 4.78 is 13.8. The SMILES string of the molecule is CNC(=O)c1ccc(CC(C)(C)C(=O)CO)cc1F. The van der Waals surface area contributed by atoms with E-state index in [9.17, 15) is 14.0 Å². The van der Waals surface area contributed by atoms with Crippen LogP contribution < -0.4 is 5.32 Å². The molecule has 0 aliphatic carbocycles. The van der Waals surface area contributed by atoms with Gasteiger partial charge < -0.3 is 10.4 Å². The monoisotopic (exact) mass is 267 g/mol. The molecule has 1 aromatic carbocycles. The van der Waals surface area contributed by atoms with E-state index in [2.05, 4.69) is 5.32 Å². The van der Waals surface area contributed by atoms with Crippen LogP contribution in [0.4, 0.5) is 4.39 Å². The van der Waals surface area contributed by atoms with Crippen LogP contribution in [0.2, 0.25) is 0 Å². The number of hydrogen-bond donors (Lipinski definition) is 2. The predicted octanol–water partition coefficient (Wildman–Crippen LogP) is 1.32. The largest absolute Gasteiger partial charge is 0.389 e. The number of nitrogens with one attached hydrogen (secondary N) is 1. The Morgan fingerprint density at radius 1 is 1.37 bits per heavy atom. The minimum Gasteiger partial charge on any atom is -0.389 e. The molecule has 4 nitrogen and oxygen atoms in total. The Balaban J connectivity index is 2.96. The smallest absolute Gasteiger partial charge is 0.253 e. The fourth-order valence-electron chi connectivity index (χ4n) is 1.81. The summed E-state index contributed by atoms with van der Waals surface area (Å²) in [6, 6.07) is 4.25. The van der Waals surface area contributed by atoms with E-state index in [1.165, 1.54) is 19.2 Å². The average Bonchev–Trinajstić information content (AvgIpc) is 2.36. The molecule has 19 heavy (non-hydrogen) atoms. The van der Waals surface area contributed by atoms with Crippen molar-refractivity contribution in [2.24, 2.45) is 5.41 Å². The number of aliphatic hydroxyl groups excluding tert-OH is 1. The quantitative estimate of drug-likeness (QED) is 0.845. The molecule has 0 aliphatic heterocycles. The highest BCUT2D eigenvalue weighted by molar-refractivity contribution is 5.94. The first kappa shape index (κ1) is 15.3. The lowest BCUT2D eigenvalue weighted by atomic mass is 9.82. The predicted molar refractivity (Wildman–Crippen MR) is 69.4 cm³/mol. The van der Waals surface area contributed by atoms with Crippen LogP contribution in [0.5, 0.6) is 0 Å². The molecule has 0 aliphatic rings. The van der Waals surface area contributed by atoms with Crippen LogP contribution in [0.15, 0.2) is 18.2 Å². The fourth-order valence-corrected chi connectivity index (χ4v) is 1.81. The van der Waals surface area contributed by atoms with E-state index in [4.69, 9.17) is 5.11 Å². The molecule has 0 unspecified atom stereocenters. The third-order valence-electron chi connectivity index (χ3n) is 3.05. The van der Waals surface area contributed by atoms with Crippen molar-refractivity contribution in [2.45, 2.75) is 20.3 Å². The van der Waals surface area contributed by atoms with Gasteiger partial charge in [-0.2, -0.15) is 0 Å². The third kappa shape index (κ3) is 3.61. The lowest BCUT2D eigenvalue weighted by Crippen LogP contribution is -2.29. The van der Waals surface area contributed by atoms with Crippen LogP contribution in [0.3, 0.4) is 0 Å². The molecule has 5 heteroatoms. The zero-order chi connectivity index (χ0) is 14.6. The summed E-state index contributed by atoms with van der Waals surface area (Å²) in [4.78, 5) is 22.9. The molecule has 104 valence electrons. The van der Waals surface area contributed by atoms with Crippen molar-refractivity contribution in [3.05, 3.63) is 35.1 Å². The van der Waals surface area contributed by atoms with E-state index in [0.29, 0.717) is 12.0 Å². The second-order valence-electron chi connectivity index (χ2n) is 5.04. The zero-order valence-electron chi connectivity index (χ0n) is 11.3. The molecule has 2 N–H and O–H groups in total. The summed E-state index contributed by atoms with van der Waals surface area (Å²) >= 11 is 0. The summed E-state index contributed by atoms with van der Waals surface area (Å²) in [7, 11) is 1.43. The van der Waals surface area contributed by atoms with Gasteiger partial charge in [-0.05, 0) is 24.1 Å². The molecule has 0 aromatic heterocycles. The number of halogens is 1. The lowest BCUT2D eigenvalue weighted by Gasteiger charge is -2.22. The van der Waals surface area contributed by atoms with Gasteiger partial charge in [-0.25, -0.2) is 4.39 Å².